The average molecular weight is 390 g/mol. The maximum absolute atomic E-state index is 12.9. The molecule has 1 amide bonds. The van der Waals surface area contributed by atoms with Crippen LogP contribution >= 0.6 is 0 Å². The van der Waals surface area contributed by atoms with Crippen molar-refractivity contribution < 1.29 is 28.4 Å². The van der Waals surface area contributed by atoms with Gasteiger partial charge >= 0.3 is 5.97 Å². The number of carbonyl (C=O) groups is 3. The Morgan fingerprint density at radius 1 is 1.21 bits per heavy atom. The van der Waals surface area contributed by atoms with Crippen molar-refractivity contribution in [1.82, 2.24) is 4.98 Å². The largest absolute Gasteiger partial charge is 0.465 e. The first-order valence-corrected chi connectivity index (χ1v) is 8.85. The van der Waals surface area contributed by atoms with Gasteiger partial charge in [0.05, 0.1) is 25.4 Å². The normalized spacial score (nSPS) is 12.9. The van der Waals surface area contributed by atoms with Gasteiger partial charge in [-0.25, -0.2) is 9.18 Å². The number of hydrogen-bond acceptors (Lipinski definition) is 4. The summed E-state index contributed by atoms with van der Waals surface area (Å²) >= 11 is 0. The molecule has 0 fully saturated rings. The van der Waals surface area contributed by atoms with E-state index in [2.05, 4.69) is 10.3 Å². The minimum Gasteiger partial charge on any atom is -0.465 e. The minimum atomic E-state index is -0.527. The zero-order valence-corrected chi connectivity index (χ0v) is 16.6. The third-order valence-corrected chi connectivity index (χ3v) is 4.77. The van der Waals surface area contributed by atoms with Crippen LogP contribution in [0.5, 0.6) is 0 Å². The Labute approximate surface area is 162 Å². The molecule has 8 heteroatoms. The minimum absolute atomic E-state index is 0.0485. The van der Waals surface area contributed by atoms with E-state index >= 15 is 0 Å². The molecule has 2 rings (SSSR count). The van der Waals surface area contributed by atoms with Gasteiger partial charge < -0.3 is 19.9 Å². The highest BCUT2D eigenvalue weighted by Gasteiger charge is 2.30. The van der Waals surface area contributed by atoms with Crippen LogP contribution in [0.25, 0.3) is 0 Å². The number of amides is 1. The Bertz CT molecular complexity index is 890. The first-order chi connectivity index (χ1) is 13.1. The number of anilines is 1. The number of rotatable bonds is 7. The molecule has 28 heavy (non-hydrogen) atoms. The van der Waals surface area contributed by atoms with Gasteiger partial charge in [0.1, 0.15) is 5.82 Å². The standard InChI is InChI=1S/C20H24FN3O4/c1-11-17(20(27)28-5)12(2)22-18(11)19(26)13(3)24(4)10-16(25)23-15-8-6-14(21)7-9-15/h6-9,13,22H,10H2,1-5H3,(H,23,25)/p+1/t13-/m0/s1. The molecule has 1 heterocycles. The van der Waals surface area contributed by atoms with Gasteiger partial charge in [-0.2, -0.15) is 0 Å². The van der Waals surface area contributed by atoms with Gasteiger partial charge in [-0.05, 0) is 50.6 Å². The summed E-state index contributed by atoms with van der Waals surface area (Å²) in [6, 6.07) is 4.93. The molecule has 1 unspecified atom stereocenters. The highest BCUT2D eigenvalue weighted by atomic mass is 19.1. The van der Waals surface area contributed by atoms with Gasteiger partial charge in [0.25, 0.3) is 5.91 Å². The molecule has 1 aromatic heterocycles. The van der Waals surface area contributed by atoms with E-state index < -0.39 is 12.0 Å². The van der Waals surface area contributed by atoms with Crippen molar-refractivity contribution in [3.8, 4) is 0 Å². The molecule has 2 aromatic rings. The number of aromatic amines is 1. The SMILES string of the molecule is COC(=O)c1c(C)[nH]c(C(=O)[C@H](C)[NH+](C)CC(=O)Nc2ccc(F)cc2)c1C. The number of hydrogen-bond donors (Lipinski definition) is 3. The van der Waals surface area contributed by atoms with Gasteiger partial charge in [0.15, 0.2) is 12.6 Å². The fraction of sp³-hybridized carbons (Fsp3) is 0.350. The Kier molecular flexibility index (Phi) is 6.69. The predicted molar refractivity (Wildman–Crippen MR) is 102 cm³/mol. The van der Waals surface area contributed by atoms with E-state index in [1.165, 1.54) is 31.4 Å². The van der Waals surface area contributed by atoms with Crippen LogP contribution in [-0.2, 0) is 9.53 Å². The number of H-pyrrole nitrogens is 1. The zero-order chi connectivity index (χ0) is 21.0. The topological polar surface area (TPSA) is 92.7 Å². The number of carbonyl (C=O) groups excluding carboxylic acids is 3. The number of ketones is 1. The first-order valence-electron chi connectivity index (χ1n) is 8.85. The number of quaternary nitrogens is 1. The lowest BCUT2D eigenvalue weighted by Crippen LogP contribution is -3.14. The molecule has 0 saturated carbocycles. The number of esters is 1. The number of nitrogens with one attached hydrogen (secondary N) is 3. The van der Waals surface area contributed by atoms with Crippen molar-refractivity contribution in [3.05, 3.63) is 52.6 Å². The lowest BCUT2D eigenvalue weighted by Gasteiger charge is -2.20. The molecule has 3 N–H and O–H groups in total. The molecule has 0 saturated heterocycles. The second-order valence-electron chi connectivity index (χ2n) is 6.78. The van der Waals surface area contributed by atoms with E-state index in [0.29, 0.717) is 33.1 Å². The maximum Gasteiger partial charge on any atom is 0.339 e. The van der Waals surface area contributed by atoms with Crippen molar-refractivity contribution in [2.45, 2.75) is 26.8 Å². The van der Waals surface area contributed by atoms with E-state index in [9.17, 15) is 18.8 Å². The maximum atomic E-state index is 12.9. The van der Waals surface area contributed by atoms with E-state index in [-0.39, 0.29) is 24.1 Å². The van der Waals surface area contributed by atoms with E-state index in [1.807, 2.05) is 0 Å². The monoisotopic (exact) mass is 390 g/mol. The van der Waals surface area contributed by atoms with E-state index in [4.69, 9.17) is 4.74 Å². The second kappa shape index (κ2) is 8.79. The van der Waals surface area contributed by atoms with Crippen molar-refractivity contribution in [2.75, 3.05) is 26.0 Å². The summed E-state index contributed by atoms with van der Waals surface area (Å²) in [5.41, 5.74) is 2.27. The number of aryl methyl sites for hydroxylation is 1. The van der Waals surface area contributed by atoms with Crippen LogP contribution in [0, 0.1) is 19.7 Å². The molecule has 0 aliphatic rings. The van der Waals surface area contributed by atoms with Crippen LogP contribution in [0.4, 0.5) is 10.1 Å². The molecule has 150 valence electrons. The number of likely N-dealkylation sites (N-methyl/N-ethyl adjacent to an activating group) is 1. The lowest BCUT2D eigenvalue weighted by atomic mass is 10.0. The van der Waals surface area contributed by atoms with Gasteiger partial charge in [0, 0.05) is 11.4 Å². The quantitative estimate of drug-likeness (QED) is 0.491. The van der Waals surface area contributed by atoms with Crippen molar-refractivity contribution in [1.29, 1.82) is 0 Å². The van der Waals surface area contributed by atoms with Gasteiger partial charge in [-0.3, -0.25) is 9.59 Å². The Balaban J connectivity index is 2.07. The van der Waals surface area contributed by atoms with Gasteiger partial charge in [0.2, 0.25) is 5.78 Å². The van der Waals surface area contributed by atoms with Crippen LogP contribution in [0.3, 0.4) is 0 Å². The average Bonchev–Trinajstić information content (AvgIpc) is 2.95. The number of Topliss-reactive ketones (excluding diaryl/α,β-unsaturated/α-hetero) is 1. The zero-order valence-electron chi connectivity index (χ0n) is 16.6. The third kappa shape index (κ3) is 4.64. The highest BCUT2D eigenvalue weighted by Crippen LogP contribution is 2.19. The van der Waals surface area contributed by atoms with Crippen LogP contribution in [0.15, 0.2) is 24.3 Å². The second-order valence-corrected chi connectivity index (χ2v) is 6.78. The Hall–Kier alpha value is -3.00. The van der Waals surface area contributed by atoms with Crippen LogP contribution in [-0.4, -0.2) is 49.4 Å². The molecule has 7 nitrogen and oxygen atoms in total. The van der Waals surface area contributed by atoms with E-state index in [1.54, 1.807) is 27.8 Å². The number of halogens is 1. The van der Waals surface area contributed by atoms with E-state index in [0.717, 1.165) is 0 Å². The smallest absolute Gasteiger partial charge is 0.339 e. The molecular formula is C20H25FN3O4+. The molecule has 2 atom stereocenters. The molecule has 0 spiro atoms. The molecule has 0 radical (unpaired) electrons. The van der Waals surface area contributed by atoms with Crippen LogP contribution in [0.1, 0.15) is 39.0 Å². The highest BCUT2D eigenvalue weighted by molar-refractivity contribution is 6.03. The van der Waals surface area contributed by atoms with Crippen molar-refractivity contribution >= 4 is 23.3 Å². The number of methoxy groups -OCH3 is 1. The fourth-order valence-corrected chi connectivity index (χ4v) is 2.99. The summed E-state index contributed by atoms with van der Waals surface area (Å²) in [6.45, 7) is 5.16. The first kappa shape index (κ1) is 21.3. The number of benzene rings is 1. The van der Waals surface area contributed by atoms with Gasteiger partial charge in [-0.15, -0.1) is 0 Å². The van der Waals surface area contributed by atoms with Gasteiger partial charge in [-0.1, -0.05) is 0 Å². The lowest BCUT2D eigenvalue weighted by molar-refractivity contribution is -0.885. The van der Waals surface area contributed by atoms with Crippen molar-refractivity contribution in [3.63, 3.8) is 0 Å². The summed E-state index contributed by atoms with van der Waals surface area (Å²) < 4.78 is 17.7. The molecule has 1 aromatic carbocycles. The van der Waals surface area contributed by atoms with Crippen LogP contribution < -0.4 is 10.2 Å². The molecule has 0 aliphatic heterocycles. The summed E-state index contributed by atoms with van der Waals surface area (Å²) in [5.74, 6) is -1.39. The molecule has 0 bridgehead atoms. The Morgan fingerprint density at radius 3 is 2.39 bits per heavy atom. The summed E-state index contributed by atoms with van der Waals surface area (Å²) in [4.78, 5) is 40.6. The molecular weight excluding hydrogens is 365 g/mol. The number of aromatic nitrogens is 1. The van der Waals surface area contributed by atoms with Crippen molar-refractivity contribution in [2.24, 2.45) is 0 Å². The predicted octanol–water partition coefficient (Wildman–Crippen LogP) is 1.28. The third-order valence-electron chi connectivity index (χ3n) is 4.77. The summed E-state index contributed by atoms with van der Waals surface area (Å²) in [6.07, 6.45) is 0. The fourth-order valence-electron chi connectivity index (χ4n) is 2.99. The summed E-state index contributed by atoms with van der Waals surface area (Å²) in [5, 5.41) is 2.67. The number of ether oxygens (including phenoxy) is 1. The summed E-state index contributed by atoms with van der Waals surface area (Å²) in [7, 11) is 3.02. The van der Waals surface area contributed by atoms with Crippen LogP contribution in [0.2, 0.25) is 0 Å². The molecule has 0 aliphatic carbocycles. The Morgan fingerprint density at radius 2 is 1.82 bits per heavy atom.